The topological polar surface area (TPSA) is 31.9 Å². The van der Waals surface area contributed by atoms with E-state index < -0.39 is 0 Å². The largest absolute Gasteiger partial charge is 0.347 e. The van der Waals surface area contributed by atoms with E-state index in [1.54, 1.807) is 6.33 Å². The van der Waals surface area contributed by atoms with Crippen LogP contribution in [0.25, 0.3) is 0 Å². The van der Waals surface area contributed by atoms with Crippen LogP contribution in [0.2, 0.25) is 0 Å². The van der Waals surface area contributed by atoms with E-state index in [2.05, 4.69) is 21.8 Å². The van der Waals surface area contributed by atoms with Crippen molar-refractivity contribution in [1.29, 1.82) is 0 Å². The van der Waals surface area contributed by atoms with Crippen LogP contribution in [0.5, 0.6) is 0 Å². The highest BCUT2D eigenvalue weighted by Gasteiger charge is 2.15. The lowest BCUT2D eigenvalue weighted by atomic mass is 10.1. The van der Waals surface area contributed by atoms with Crippen molar-refractivity contribution in [2.24, 2.45) is 0 Å². The summed E-state index contributed by atoms with van der Waals surface area (Å²) in [5.74, 6) is 0. The number of likely N-dealkylation sites (N-methyl/N-ethyl adjacent to an activating group) is 1. The number of nitrogens with zero attached hydrogens (tertiary/aromatic N) is 2. The van der Waals surface area contributed by atoms with Gasteiger partial charge in [-0.3, -0.25) is 4.90 Å². The molecule has 1 N–H and O–H groups in total. The summed E-state index contributed by atoms with van der Waals surface area (Å²) in [4.78, 5) is 9.83. The van der Waals surface area contributed by atoms with Crippen LogP contribution in [-0.4, -0.2) is 28.0 Å². The molecule has 2 heterocycles. The highest BCUT2D eigenvalue weighted by Crippen LogP contribution is 2.13. The summed E-state index contributed by atoms with van der Waals surface area (Å²) >= 11 is 0. The molecule has 1 aromatic rings. The van der Waals surface area contributed by atoms with Gasteiger partial charge in [-0.25, -0.2) is 4.98 Å². The van der Waals surface area contributed by atoms with Crippen molar-refractivity contribution < 1.29 is 1.43 Å². The molecule has 1 aliphatic heterocycles. The SMILES string of the molecule is CCN1CCc2nc[nH]c2C1.[HH]. The van der Waals surface area contributed by atoms with Gasteiger partial charge < -0.3 is 4.98 Å². The van der Waals surface area contributed by atoms with E-state index in [4.69, 9.17) is 0 Å². The van der Waals surface area contributed by atoms with Crippen molar-refractivity contribution in [3.8, 4) is 0 Å². The Morgan fingerprint density at radius 2 is 2.73 bits per heavy atom. The Labute approximate surface area is 67.9 Å². The van der Waals surface area contributed by atoms with Crippen molar-refractivity contribution in [3.05, 3.63) is 17.7 Å². The molecule has 0 spiro atoms. The standard InChI is InChI=1S/C8H13N3.H2/c1-2-11-4-3-7-8(5-11)10-6-9-7;/h6H,2-5H2,1H3,(H,9,10);1H. The molecule has 0 amide bonds. The van der Waals surface area contributed by atoms with Crippen LogP contribution in [-0.2, 0) is 13.0 Å². The number of rotatable bonds is 1. The zero-order valence-electron chi connectivity index (χ0n) is 6.80. The van der Waals surface area contributed by atoms with Crippen LogP contribution in [0.3, 0.4) is 0 Å². The van der Waals surface area contributed by atoms with Gasteiger partial charge in [-0.2, -0.15) is 0 Å². The van der Waals surface area contributed by atoms with Crippen LogP contribution in [0.4, 0.5) is 0 Å². The first-order chi connectivity index (χ1) is 5.40. The summed E-state index contributed by atoms with van der Waals surface area (Å²) in [6.45, 7) is 5.54. The van der Waals surface area contributed by atoms with Crippen molar-refractivity contribution in [2.75, 3.05) is 13.1 Å². The molecule has 2 rings (SSSR count). The maximum atomic E-state index is 4.24. The van der Waals surface area contributed by atoms with Gasteiger partial charge in [-0.15, -0.1) is 0 Å². The molecule has 0 aliphatic carbocycles. The third-order valence-corrected chi connectivity index (χ3v) is 2.30. The molecule has 0 saturated heterocycles. The van der Waals surface area contributed by atoms with Gasteiger partial charge >= 0.3 is 0 Å². The molecular weight excluding hydrogens is 138 g/mol. The Balaban J connectivity index is 0.000000720. The first-order valence-corrected chi connectivity index (χ1v) is 4.13. The minimum atomic E-state index is 0. The maximum Gasteiger partial charge on any atom is 0.0925 e. The third-order valence-electron chi connectivity index (χ3n) is 2.30. The molecule has 62 valence electrons. The van der Waals surface area contributed by atoms with Crippen LogP contribution in [0.1, 0.15) is 19.7 Å². The molecule has 0 aromatic carbocycles. The number of imidazole rings is 1. The first kappa shape index (κ1) is 6.85. The van der Waals surface area contributed by atoms with Gasteiger partial charge in [-0.05, 0) is 6.54 Å². The molecule has 0 atom stereocenters. The number of aromatic amines is 1. The quantitative estimate of drug-likeness (QED) is 0.653. The molecule has 11 heavy (non-hydrogen) atoms. The van der Waals surface area contributed by atoms with Gasteiger partial charge in [0.05, 0.1) is 17.7 Å². The summed E-state index contributed by atoms with van der Waals surface area (Å²) in [5, 5.41) is 0. The molecule has 1 aliphatic rings. The number of hydrogen-bond acceptors (Lipinski definition) is 2. The predicted octanol–water partition coefficient (Wildman–Crippen LogP) is 1.03. The molecule has 0 bridgehead atoms. The number of fused-ring (bicyclic) bond motifs is 1. The Morgan fingerprint density at radius 3 is 3.55 bits per heavy atom. The van der Waals surface area contributed by atoms with Crippen molar-refractivity contribution in [2.45, 2.75) is 19.9 Å². The van der Waals surface area contributed by atoms with E-state index in [1.807, 2.05) is 0 Å². The lowest BCUT2D eigenvalue weighted by Gasteiger charge is -2.23. The molecule has 1 aromatic heterocycles. The molecule has 0 unspecified atom stereocenters. The second kappa shape index (κ2) is 2.66. The fourth-order valence-corrected chi connectivity index (χ4v) is 1.54. The van der Waals surface area contributed by atoms with Crippen LogP contribution in [0.15, 0.2) is 6.33 Å². The highest BCUT2D eigenvalue weighted by molar-refractivity contribution is 5.13. The van der Waals surface area contributed by atoms with E-state index >= 15 is 0 Å². The lowest BCUT2D eigenvalue weighted by Crippen LogP contribution is -2.30. The van der Waals surface area contributed by atoms with Crippen molar-refractivity contribution in [1.82, 2.24) is 14.9 Å². The minimum Gasteiger partial charge on any atom is -0.347 e. The van der Waals surface area contributed by atoms with E-state index in [9.17, 15) is 0 Å². The van der Waals surface area contributed by atoms with Gasteiger partial charge in [0.2, 0.25) is 0 Å². The fraction of sp³-hybridized carbons (Fsp3) is 0.625. The first-order valence-electron chi connectivity index (χ1n) is 4.13. The second-order valence-electron chi connectivity index (χ2n) is 2.95. The smallest absolute Gasteiger partial charge is 0.0925 e. The van der Waals surface area contributed by atoms with Crippen molar-refractivity contribution in [3.63, 3.8) is 0 Å². The van der Waals surface area contributed by atoms with Gasteiger partial charge in [0.25, 0.3) is 0 Å². The summed E-state index contributed by atoms with van der Waals surface area (Å²) in [7, 11) is 0. The zero-order chi connectivity index (χ0) is 7.68. The molecule has 0 radical (unpaired) electrons. The van der Waals surface area contributed by atoms with Gasteiger partial charge in [0.15, 0.2) is 0 Å². The summed E-state index contributed by atoms with van der Waals surface area (Å²) in [5.41, 5.74) is 2.56. The maximum absolute atomic E-state index is 4.24. The van der Waals surface area contributed by atoms with Gasteiger partial charge in [0.1, 0.15) is 0 Å². The normalized spacial score (nSPS) is 18.3. The second-order valence-corrected chi connectivity index (χ2v) is 2.95. The summed E-state index contributed by atoms with van der Waals surface area (Å²) < 4.78 is 0. The summed E-state index contributed by atoms with van der Waals surface area (Å²) in [6.07, 6.45) is 2.90. The van der Waals surface area contributed by atoms with E-state index in [1.165, 1.54) is 11.4 Å². The van der Waals surface area contributed by atoms with E-state index in [0.29, 0.717) is 0 Å². The number of hydrogen-bond donors (Lipinski definition) is 1. The van der Waals surface area contributed by atoms with E-state index in [-0.39, 0.29) is 1.43 Å². The molecule has 3 heteroatoms. The average Bonchev–Trinajstić information content (AvgIpc) is 2.50. The predicted molar refractivity (Wildman–Crippen MR) is 45.4 cm³/mol. The Bertz CT molecular complexity index is 246. The summed E-state index contributed by atoms with van der Waals surface area (Å²) in [6, 6.07) is 0. The average molecular weight is 153 g/mol. The van der Waals surface area contributed by atoms with E-state index in [0.717, 1.165) is 26.1 Å². The zero-order valence-corrected chi connectivity index (χ0v) is 6.80. The van der Waals surface area contributed by atoms with Gasteiger partial charge in [0, 0.05) is 20.9 Å². The van der Waals surface area contributed by atoms with Crippen molar-refractivity contribution >= 4 is 0 Å². The third kappa shape index (κ3) is 1.16. The monoisotopic (exact) mass is 153 g/mol. The molecule has 3 nitrogen and oxygen atoms in total. The highest BCUT2D eigenvalue weighted by atomic mass is 15.1. The Morgan fingerprint density at radius 1 is 1.82 bits per heavy atom. The van der Waals surface area contributed by atoms with Crippen LogP contribution in [0, 0.1) is 0 Å². The molecule has 0 fully saturated rings. The minimum absolute atomic E-state index is 0. The Kier molecular flexibility index (Phi) is 1.66. The Hall–Kier alpha value is -0.830. The molecule has 0 saturated carbocycles. The number of H-pyrrole nitrogens is 1. The van der Waals surface area contributed by atoms with Crippen LogP contribution < -0.4 is 0 Å². The van der Waals surface area contributed by atoms with Crippen LogP contribution >= 0.6 is 0 Å². The van der Waals surface area contributed by atoms with Gasteiger partial charge in [-0.1, -0.05) is 6.92 Å². The number of aromatic nitrogens is 2. The fourth-order valence-electron chi connectivity index (χ4n) is 1.54. The number of nitrogens with one attached hydrogen (secondary N) is 1. The molecular formula is C8H15N3. The lowest BCUT2D eigenvalue weighted by molar-refractivity contribution is 0.264.